The van der Waals surface area contributed by atoms with Gasteiger partial charge in [-0.05, 0) is 42.2 Å². The van der Waals surface area contributed by atoms with Crippen molar-refractivity contribution in [3.63, 3.8) is 0 Å². The highest BCUT2D eigenvalue weighted by Gasteiger charge is 2.44. The largest absolute Gasteiger partial charge is 0.383 e. The van der Waals surface area contributed by atoms with Crippen LogP contribution in [0.5, 0.6) is 0 Å². The van der Waals surface area contributed by atoms with Crippen LogP contribution in [0.1, 0.15) is 65.5 Å². The van der Waals surface area contributed by atoms with E-state index in [1.807, 2.05) is 18.2 Å². The Balaban J connectivity index is 1.77. The topological polar surface area (TPSA) is 58.6 Å². The van der Waals surface area contributed by atoms with E-state index >= 15 is 0 Å². The van der Waals surface area contributed by atoms with Crippen LogP contribution in [0.3, 0.4) is 0 Å². The molecule has 1 saturated carbocycles. The Labute approximate surface area is 182 Å². The van der Waals surface area contributed by atoms with E-state index in [0.717, 1.165) is 36.8 Å². The molecular formula is C25H29FN2O3. The number of halogens is 1. The third-order valence-corrected chi connectivity index (χ3v) is 6.42. The number of carbonyl (C=O) groups excluding carboxylic acids is 2. The van der Waals surface area contributed by atoms with E-state index < -0.39 is 12.0 Å². The minimum absolute atomic E-state index is 0.0800. The quantitative estimate of drug-likeness (QED) is 0.756. The van der Waals surface area contributed by atoms with Gasteiger partial charge in [0.2, 0.25) is 5.91 Å². The fraction of sp³-hybridized carbons (Fsp3) is 0.440. The van der Waals surface area contributed by atoms with Crippen molar-refractivity contribution in [1.82, 2.24) is 10.2 Å². The first-order chi connectivity index (χ1) is 15.1. The van der Waals surface area contributed by atoms with Gasteiger partial charge in [0.05, 0.1) is 18.6 Å². The molecule has 31 heavy (non-hydrogen) atoms. The molecule has 1 aliphatic carbocycles. The lowest BCUT2D eigenvalue weighted by atomic mass is 9.78. The molecule has 2 aliphatic rings. The highest BCUT2D eigenvalue weighted by Crippen LogP contribution is 2.43. The second-order valence-corrected chi connectivity index (χ2v) is 8.40. The first-order valence-corrected chi connectivity index (χ1v) is 11.0. The molecule has 0 radical (unpaired) electrons. The Bertz CT molecular complexity index is 925. The van der Waals surface area contributed by atoms with Crippen LogP contribution in [0.15, 0.2) is 48.5 Å². The molecule has 164 valence electrons. The molecule has 0 spiro atoms. The van der Waals surface area contributed by atoms with E-state index in [4.69, 9.17) is 4.74 Å². The Hall–Kier alpha value is -2.73. The Morgan fingerprint density at radius 3 is 2.52 bits per heavy atom. The van der Waals surface area contributed by atoms with E-state index in [1.54, 1.807) is 30.2 Å². The van der Waals surface area contributed by atoms with Crippen LogP contribution in [-0.2, 0) is 9.53 Å². The molecule has 2 aromatic carbocycles. The Morgan fingerprint density at radius 2 is 1.81 bits per heavy atom. The lowest BCUT2D eigenvalue weighted by Gasteiger charge is -2.42. The number of nitrogens with zero attached hydrogens (tertiary/aromatic N) is 1. The molecule has 2 amide bonds. The summed E-state index contributed by atoms with van der Waals surface area (Å²) in [6, 6.07) is 13.1. The summed E-state index contributed by atoms with van der Waals surface area (Å²) in [5.74, 6) is -1.14. The monoisotopic (exact) mass is 424 g/mol. The van der Waals surface area contributed by atoms with Crippen LogP contribution in [0.25, 0.3) is 0 Å². The number of fused-ring (bicyclic) bond motifs is 1. The third-order valence-electron chi connectivity index (χ3n) is 6.42. The van der Waals surface area contributed by atoms with E-state index in [2.05, 4.69) is 5.32 Å². The maximum atomic E-state index is 13.7. The van der Waals surface area contributed by atoms with Crippen LogP contribution in [0, 0.1) is 5.82 Å². The SMILES string of the molecule is COCCN1C(=O)c2ccccc2[C@H](C(=O)NC2CCCCC2)[C@@H]1c1ccc(F)cc1. The lowest BCUT2D eigenvalue weighted by Crippen LogP contribution is -2.50. The number of benzene rings is 2. The van der Waals surface area contributed by atoms with Crippen molar-refractivity contribution >= 4 is 11.8 Å². The van der Waals surface area contributed by atoms with Crippen molar-refractivity contribution in [2.45, 2.75) is 50.1 Å². The van der Waals surface area contributed by atoms with Crippen LogP contribution >= 0.6 is 0 Å². The number of ether oxygens (including phenoxy) is 1. The lowest BCUT2D eigenvalue weighted by molar-refractivity contribution is -0.125. The predicted octanol–water partition coefficient (Wildman–Crippen LogP) is 4.20. The summed E-state index contributed by atoms with van der Waals surface area (Å²) in [4.78, 5) is 28.7. The minimum atomic E-state index is -0.571. The van der Waals surface area contributed by atoms with Crippen molar-refractivity contribution in [1.29, 1.82) is 0 Å². The average molecular weight is 425 g/mol. The molecule has 0 unspecified atom stereocenters. The first kappa shape index (κ1) is 21.5. The molecule has 1 fully saturated rings. The number of hydrogen-bond donors (Lipinski definition) is 1. The highest BCUT2D eigenvalue weighted by atomic mass is 19.1. The van der Waals surface area contributed by atoms with Gasteiger partial charge in [-0.3, -0.25) is 9.59 Å². The van der Waals surface area contributed by atoms with Crippen molar-refractivity contribution in [2.75, 3.05) is 20.3 Å². The van der Waals surface area contributed by atoms with Crippen LogP contribution in [0.4, 0.5) is 4.39 Å². The number of amides is 2. The second-order valence-electron chi connectivity index (χ2n) is 8.40. The number of rotatable bonds is 6. The average Bonchev–Trinajstić information content (AvgIpc) is 2.79. The fourth-order valence-electron chi connectivity index (χ4n) is 4.88. The number of nitrogens with one attached hydrogen (secondary N) is 1. The maximum Gasteiger partial charge on any atom is 0.254 e. The summed E-state index contributed by atoms with van der Waals surface area (Å²) in [5.41, 5.74) is 2.01. The van der Waals surface area contributed by atoms with Gasteiger partial charge < -0.3 is 15.0 Å². The van der Waals surface area contributed by atoms with Gasteiger partial charge in [-0.15, -0.1) is 0 Å². The molecule has 4 rings (SSSR count). The molecule has 0 bridgehead atoms. The maximum absolute atomic E-state index is 13.7. The zero-order valence-electron chi connectivity index (χ0n) is 17.9. The highest BCUT2D eigenvalue weighted by molar-refractivity contribution is 6.01. The van der Waals surface area contributed by atoms with Gasteiger partial charge in [-0.25, -0.2) is 4.39 Å². The van der Waals surface area contributed by atoms with Gasteiger partial charge in [0.1, 0.15) is 5.82 Å². The van der Waals surface area contributed by atoms with Crippen molar-refractivity contribution < 1.29 is 18.7 Å². The van der Waals surface area contributed by atoms with Gasteiger partial charge in [0, 0.05) is 25.3 Å². The zero-order valence-corrected chi connectivity index (χ0v) is 17.9. The predicted molar refractivity (Wildman–Crippen MR) is 116 cm³/mol. The van der Waals surface area contributed by atoms with Gasteiger partial charge in [-0.1, -0.05) is 49.6 Å². The molecule has 1 aliphatic heterocycles. The minimum Gasteiger partial charge on any atom is -0.383 e. The summed E-state index contributed by atoms with van der Waals surface area (Å²) >= 11 is 0. The molecule has 2 atom stereocenters. The Kier molecular flexibility index (Phi) is 6.66. The zero-order chi connectivity index (χ0) is 21.8. The summed E-state index contributed by atoms with van der Waals surface area (Å²) in [7, 11) is 1.59. The summed E-state index contributed by atoms with van der Waals surface area (Å²) < 4.78 is 18.9. The number of methoxy groups -OCH3 is 1. The molecule has 2 aromatic rings. The smallest absolute Gasteiger partial charge is 0.254 e. The number of carbonyl (C=O) groups is 2. The van der Waals surface area contributed by atoms with Crippen LogP contribution < -0.4 is 5.32 Å². The van der Waals surface area contributed by atoms with Gasteiger partial charge in [-0.2, -0.15) is 0 Å². The van der Waals surface area contributed by atoms with Gasteiger partial charge >= 0.3 is 0 Å². The third kappa shape index (κ3) is 4.49. The molecule has 5 nitrogen and oxygen atoms in total. The van der Waals surface area contributed by atoms with Crippen molar-refractivity contribution in [3.8, 4) is 0 Å². The standard InChI is InChI=1S/C25H29FN2O3/c1-31-16-15-28-23(17-11-13-18(26)14-12-17)22(20-9-5-6-10-21(20)25(28)30)24(29)27-19-7-3-2-4-8-19/h5-6,9-14,19,22-23H,2-4,7-8,15-16H2,1H3,(H,27,29)/t22-,23-/m0/s1. The van der Waals surface area contributed by atoms with E-state index in [9.17, 15) is 14.0 Å². The van der Waals surface area contributed by atoms with Gasteiger partial charge in [0.15, 0.2) is 0 Å². The molecule has 0 saturated heterocycles. The first-order valence-electron chi connectivity index (χ1n) is 11.0. The van der Waals surface area contributed by atoms with Gasteiger partial charge in [0.25, 0.3) is 5.91 Å². The van der Waals surface area contributed by atoms with E-state index in [1.165, 1.54) is 18.6 Å². The normalized spacial score (nSPS) is 21.6. The van der Waals surface area contributed by atoms with Crippen LogP contribution in [-0.4, -0.2) is 43.0 Å². The second kappa shape index (κ2) is 9.60. The summed E-state index contributed by atoms with van der Waals surface area (Å²) in [6.07, 6.45) is 5.40. The molecule has 0 aromatic heterocycles. The molecule has 6 heteroatoms. The Morgan fingerprint density at radius 1 is 1.10 bits per heavy atom. The van der Waals surface area contributed by atoms with E-state index in [-0.39, 0.29) is 23.7 Å². The molecule has 1 N–H and O–H groups in total. The van der Waals surface area contributed by atoms with Crippen LogP contribution in [0.2, 0.25) is 0 Å². The fourth-order valence-corrected chi connectivity index (χ4v) is 4.88. The van der Waals surface area contributed by atoms with E-state index in [0.29, 0.717) is 18.7 Å². The number of hydrogen-bond acceptors (Lipinski definition) is 3. The van der Waals surface area contributed by atoms with Crippen molar-refractivity contribution in [3.05, 3.63) is 71.0 Å². The molecular weight excluding hydrogens is 395 g/mol. The molecule has 1 heterocycles. The summed E-state index contributed by atoms with van der Waals surface area (Å²) in [5, 5.41) is 3.25. The summed E-state index contributed by atoms with van der Waals surface area (Å²) in [6.45, 7) is 0.696. The van der Waals surface area contributed by atoms with Crippen molar-refractivity contribution in [2.24, 2.45) is 0 Å².